The molecule has 1 atom stereocenters. The fraction of sp³-hybridized carbons (Fsp3) is 0.455. The molecule has 0 aliphatic heterocycles. The van der Waals surface area contributed by atoms with E-state index in [-0.39, 0.29) is 16.5 Å². The van der Waals surface area contributed by atoms with Gasteiger partial charge >= 0.3 is 0 Å². The van der Waals surface area contributed by atoms with Crippen molar-refractivity contribution in [1.82, 2.24) is 0 Å². The minimum Gasteiger partial charge on any atom is -0.258 e. The summed E-state index contributed by atoms with van der Waals surface area (Å²) in [6.45, 7) is 6.01. The van der Waals surface area contributed by atoms with Crippen LogP contribution in [0.15, 0.2) is 18.2 Å². The van der Waals surface area contributed by atoms with Gasteiger partial charge in [-0.3, -0.25) is 10.1 Å². The molecule has 1 unspecified atom stereocenters. The highest BCUT2D eigenvalue weighted by Gasteiger charge is 2.17. The van der Waals surface area contributed by atoms with E-state index in [1.54, 1.807) is 12.1 Å². The lowest BCUT2D eigenvalue weighted by Crippen LogP contribution is -1.99. The van der Waals surface area contributed by atoms with Crippen LogP contribution >= 0.6 is 0 Å². The van der Waals surface area contributed by atoms with Gasteiger partial charge in [0.2, 0.25) is 0 Å². The van der Waals surface area contributed by atoms with Gasteiger partial charge in [-0.15, -0.1) is 0 Å². The molecular formula is C11H15NO2. The quantitative estimate of drug-likeness (QED) is 0.545. The Kier molecular flexibility index (Phi) is 3.23. The van der Waals surface area contributed by atoms with Crippen LogP contribution in [0.4, 0.5) is 5.69 Å². The Morgan fingerprint density at radius 2 is 2.14 bits per heavy atom. The summed E-state index contributed by atoms with van der Waals surface area (Å²) in [5, 5.41) is 10.8. The van der Waals surface area contributed by atoms with Crippen LogP contribution in [-0.2, 0) is 0 Å². The molecule has 0 N–H and O–H groups in total. The Balaban J connectivity index is 3.22. The lowest BCUT2D eigenvalue weighted by Gasteiger charge is -2.09. The SMILES string of the molecule is CCC(C)c1cc(C)ccc1[N+](=O)[O-]. The van der Waals surface area contributed by atoms with Gasteiger partial charge in [-0.25, -0.2) is 0 Å². The molecule has 0 amide bonds. The molecule has 3 nitrogen and oxygen atoms in total. The van der Waals surface area contributed by atoms with Crippen LogP contribution in [-0.4, -0.2) is 4.92 Å². The van der Waals surface area contributed by atoms with Gasteiger partial charge in [0.25, 0.3) is 5.69 Å². The molecule has 0 aromatic heterocycles. The van der Waals surface area contributed by atoms with Crippen molar-refractivity contribution in [2.24, 2.45) is 0 Å². The first-order valence-electron chi connectivity index (χ1n) is 4.81. The predicted molar refractivity (Wildman–Crippen MR) is 56.5 cm³/mol. The molecule has 1 aromatic carbocycles. The molecule has 0 bridgehead atoms. The van der Waals surface area contributed by atoms with Gasteiger partial charge in [-0.2, -0.15) is 0 Å². The fourth-order valence-electron chi connectivity index (χ4n) is 1.45. The monoisotopic (exact) mass is 193 g/mol. The van der Waals surface area contributed by atoms with Gasteiger partial charge in [0.05, 0.1) is 4.92 Å². The van der Waals surface area contributed by atoms with Gasteiger partial charge in [0.15, 0.2) is 0 Å². The normalized spacial score (nSPS) is 12.5. The number of aryl methyl sites for hydroxylation is 1. The maximum absolute atomic E-state index is 10.8. The van der Waals surface area contributed by atoms with E-state index in [1.807, 2.05) is 26.8 Å². The smallest absolute Gasteiger partial charge is 0.258 e. The number of nitrogens with zero attached hydrogens (tertiary/aromatic N) is 1. The zero-order valence-electron chi connectivity index (χ0n) is 8.78. The zero-order chi connectivity index (χ0) is 10.7. The number of nitro groups is 1. The number of hydrogen-bond donors (Lipinski definition) is 0. The molecule has 0 aliphatic carbocycles. The Morgan fingerprint density at radius 1 is 1.50 bits per heavy atom. The molecule has 14 heavy (non-hydrogen) atoms. The standard InChI is InChI=1S/C11H15NO2/c1-4-9(3)10-7-8(2)5-6-11(10)12(13)14/h5-7,9H,4H2,1-3H3. The van der Waals surface area contributed by atoms with E-state index in [9.17, 15) is 10.1 Å². The van der Waals surface area contributed by atoms with Crippen molar-refractivity contribution in [2.75, 3.05) is 0 Å². The summed E-state index contributed by atoms with van der Waals surface area (Å²) in [6.07, 6.45) is 0.921. The first kappa shape index (κ1) is 10.7. The largest absolute Gasteiger partial charge is 0.272 e. The summed E-state index contributed by atoms with van der Waals surface area (Å²) in [7, 11) is 0. The van der Waals surface area contributed by atoms with Crippen molar-refractivity contribution in [1.29, 1.82) is 0 Å². The number of hydrogen-bond acceptors (Lipinski definition) is 2. The number of rotatable bonds is 3. The fourth-order valence-corrected chi connectivity index (χ4v) is 1.45. The van der Waals surface area contributed by atoms with Crippen LogP contribution in [0.25, 0.3) is 0 Å². The minimum absolute atomic E-state index is 0.241. The third kappa shape index (κ3) is 2.10. The van der Waals surface area contributed by atoms with Gasteiger partial charge in [0.1, 0.15) is 0 Å². The highest BCUT2D eigenvalue weighted by Crippen LogP contribution is 2.29. The van der Waals surface area contributed by atoms with Crippen LogP contribution in [0, 0.1) is 17.0 Å². The molecule has 0 heterocycles. The van der Waals surface area contributed by atoms with Gasteiger partial charge < -0.3 is 0 Å². The minimum atomic E-state index is -0.305. The average Bonchev–Trinajstić information content (AvgIpc) is 2.16. The lowest BCUT2D eigenvalue weighted by atomic mass is 9.95. The van der Waals surface area contributed by atoms with Crippen molar-refractivity contribution < 1.29 is 4.92 Å². The zero-order valence-corrected chi connectivity index (χ0v) is 8.78. The average molecular weight is 193 g/mol. The molecule has 0 radical (unpaired) electrons. The van der Waals surface area contributed by atoms with Crippen LogP contribution in [0.3, 0.4) is 0 Å². The van der Waals surface area contributed by atoms with Crippen molar-refractivity contribution in [3.63, 3.8) is 0 Å². The van der Waals surface area contributed by atoms with Gasteiger partial charge in [0, 0.05) is 11.6 Å². The second-order valence-electron chi connectivity index (χ2n) is 3.63. The van der Waals surface area contributed by atoms with Crippen molar-refractivity contribution in [2.45, 2.75) is 33.1 Å². The summed E-state index contributed by atoms with van der Waals surface area (Å²) in [5.41, 5.74) is 2.16. The summed E-state index contributed by atoms with van der Waals surface area (Å²) in [5.74, 6) is 0.246. The molecule has 1 aromatic rings. The van der Waals surface area contributed by atoms with Crippen LogP contribution < -0.4 is 0 Å². The number of benzene rings is 1. The highest BCUT2D eigenvalue weighted by atomic mass is 16.6. The summed E-state index contributed by atoms with van der Waals surface area (Å²) >= 11 is 0. The highest BCUT2D eigenvalue weighted by molar-refractivity contribution is 5.44. The van der Waals surface area contributed by atoms with E-state index < -0.39 is 0 Å². The first-order valence-corrected chi connectivity index (χ1v) is 4.81. The summed E-state index contributed by atoms with van der Waals surface area (Å²) < 4.78 is 0. The molecule has 3 heteroatoms. The Morgan fingerprint density at radius 3 is 2.64 bits per heavy atom. The molecule has 0 fully saturated rings. The molecular weight excluding hydrogens is 178 g/mol. The molecule has 0 aliphatic rings. The van der Waals surface area contributed by atoms with Gasteiger partial charge in [-0.1, -0.05) is 25.5 Å². The van der Waals surface area contributed by atoms with E-state index in [1.165, 1.54) is 0 Å². The van der Waals surface area contributed by atoms with Crippen molar-refractivity contribution >= 4 is 5.69 Å². The van der Waals surface area contributed by atoms with E-state index in [0.29, 0.717) is 0 Å². The Hall–Kier alpha value is -1.38. The summed E-state index contributed by atoms with van der Waals surface area (Å²) in [6, 6.07) is 5.28. The van der Waals surface area contributed by atoms with Crippen LogP contribution in [0.2, 0.25) is 0 Å². The topological polar surface area (TPSA) is 43.1 Å². The maximum Gasteiger partial charge on any atom is 0.272 e. The molecule has 0 saturated heterocycles. The first-order chi connectivity index (χ1) is 6.56. The van der Waals surface area contributed by atoms with Crippen LogP contribution in [0.5, 0.6) is 0 Å². The van der Waals surface area contributed by atoms with E-state index >= 15 is 0 Å². The van der Waals surface area contributed by atoms with E-state index in [2.05, 4.69) is 0 Å². The Bertz CT molecular complexity index is 347. The van der Waals surface area contributed by atoms with Gasteiger partial charge in [-0.05, 0) is 25.3 Å². The lowest BCUT2D eigenvalue weighted by molar-refractivity contribution is -0.385. The predicted octanol–water partition coefficient (Wildman–Crippen LogP) is 3.42. The molecule has 0 saturated carbocycles. The number of nitro benzene ring substituents is 1. The van der Waals surface area contributed by atoms with Crippen molar-refractivity contribution in [3.05, 3.63) is 39.4 Å². The van der Waals surface area contributed by atoms with E-state index in [0.717, 1.165) is 17.5 Å². The Labute approximate surface area is 83.9 Å². The second-order valence-corrected chi connectivity index (χ2v) is 3.63. The second kappa shape index (κ2) is 4.22. The summed E-state index contributed by atoms with van der Waals surface area (Å²) in [4.78, 5) is 10.5. The molecule has 76 valence electrons. The molecule has 0 spiro atoms. The maximum atomic E-state index is 10.8. The third-order valence-corrected chi connectivity index (χ3v) is 2.52. The van der Waals surface area contributed by atoms with Crippen LogP contribution in [0.1, 0.15) is 37.3 Å². The van der Waals surface area contributed by atoms with Crippen molar-refractivity contribution in [3.8, 4) is 0 Å². The molecule has 1 rings (SSSR count). The van der Waals surface area contributed by atoms with E-state index in [4.69, 9.17) is 0 Å². The third-order valence-electron chi connectivity index (χ3n) is 2.52.